The topological polar surface area (TPSA) is 47.8 Å². The summed E-state index contributed by atoms with van der Waals surface area (Å²) in [5, 5.41) is 8.04. The number of nitrogens with zero attached hydrogens (tertiary/aromatic N) is 3. The SMILES string of the molecule is O=C([C@@H]1C[C@H]1c1ccccc1)n1nnc2ccccc21. The number of hydrogen-bond donors (Lipinski definition) is 0. The molecule has 0 bridgehead atoms. The van der Waals surface area contributed by atoms with Crippen LogP contribution in [0.15, 0.2) is 54.6 Å². The maximum atomic E-state index is 12.5. The van der Waals surface area contributed by atoms with Crippen molar-refractivity contribution in [2.75, 3.05) is 0 Å². The molecule has 0 unspecified atom stereocenters. The lowest BCUT2D eigenvalue weighted by Crippen LogP contribution is -2.15. The maximum absolute atomic E-state index is 12.5. The highest BCUT2D eigenvalue weighted by molar-refractivity contribution is 5.92. The largest absolute Gasteiger partial charge is 0.272 e. The van der Waals surface area contributed by atoms with Gasteiger partial charge >= 0.3 is 0 Å². The molecule has 20 heavy (non-hydrogen) atoms. The number of rotatable bonds is 2. The van der Waals surface area contributed by atoms with Crippen LogP contribution in [0.3, 0.4) is 0 Å². The van der Waals surface area contributed by atoms with Gasteiger partial charge in [-0.15, -0.1) is 5.10 Å². The second-order valence-corrected chi connectivity index (χ2v) is 5.19. The lowest BCUT2D eigenvalue weighted by atomic mass is 10.1. The molecule has 1 aliphatic carbocycles. The Hall–Kier alpha value is -2.49. The highest BCUT2D eigenvalue weighted by Gasteiger charge is 2.45. The molecule has 1 saturated carbocycles. The first-order chi connectivity index (χ1) is 9.84. The van der Waals surface area contributed by atoms with Crippen LogP contribution >= 0.6 is 0 Å². The first-order valence-corrected chi connectivity index (χ1v) is 6.74. The molecule has 0 saturated heterocycles. The van der Waals surface area contributed by atoms with Crippen LogP contribution < -0.4 is 0 Å². The summed E-state index contributed by atoms with van der Waals surface area (Å²) in [4.78, 5) is 12.5. The van der Waals surface area contributed by atoms with Gasteiger partial charge in [0, 0.05) is 5.92 Å². The summed E-state index contributed by atoms with van der Waals surface area (Å²) in [7, 11) is 0. The van der Waals surface area contributed by atoms with E-state index in [1.165, 1.54) is 10.2 Å². The second-order valence-electron chi connectivity index (χ2n) is 5.19. The van der Waals surface area contributed by atoms with Crippen molar-refractivity contribution < 1.29 is 4.79 Å². The number of fused-ring (bicyclic) bond motifs is 1. The molecular formula is C16H13N3O. The number of hydrogen-bond acceptors (Lipinski definition) is 3. The molecule has 2 aromatic carbocycles. The van der Waals surface area contributed by atoms with Crippen molar-refractivity contribution in [2.24, 2.45) is 5.92 Å². The third-order valence-electron chi connectivity index (χ3n) is 3.90. The van der Waals surface area contributed by atoms with Gasteiger partial charge in [-0.25, -0.2) is 0 Å². The Balaban J connectivity index is 1.63. The van der Waals surface area contributed by atoms with Gasteiger partial charge in [0.05, 0.1) is 5.52 Å². The summed E-state index contributed by atoms with van der Waals surface area (Å²) in [5.41, 5.74) is 2.78. The van der Waals surface area contributed by atoms with Crippen LogP contribution in [0.1, 0.15) is 22.7 Å². The van der Waals surface area contributed by atoms with Gasteiger partial charge < -0.3 is 0 Å². The number of aromatic nitrogens is 3. The average molecular weight is 263 g/mol. The number of para-hydroxylation sites is 1. The fraction of sp³-hybridized carbons (Fsp3) is 0.188. The lowest BCUT2D eigenvalue weighted by Gasteiger charge is -2.01. The van der Waals surface area contributed by atoms with E-state index in [4.69, 9.17) is 0 Å². The maximum Gasteiger partial charge on any atom is 0.252 e. The Morgan fingerprint density at radius 3 is 2.65 bits per heavy atom. The van der Waals surface area contributed by atoms with Gasteiger partial charge in [0.15, 0.2) is 0 Å². The highest BCUT2D eigenvalue weighted by atomic mass is 16.2. The van der Waals surface area contributed by atoms with Crippen molar-refractivity contribution in [1.29, 1.82) is 0 Å². The predicted octanol–water partition coefficient (Wildman–Crippen LogP) is 2.88. The molecule has 0 aliphatic heterocycles. The van der Waals surface area contributed by atoms with E-state index in [1.807, 2.05) is 42.5 Å². The standard InChI is InChI=1S/C16H13N3O/c20-16(13-10-12(13)11-6-2-1-3-7-11)19-15-9-5-4-8-14(15)17-18-19/h1-9,12-13H,10H2/t12-,13+/m0/s1. The molecule has 0 N–H and O–H groups in total. The molecule has 1 aliphatic rings. The Bertz CT molecular complexity index is 779. The molecule has 1 fully saturated rings. The molecule has 0 spiro atoms. The van der Waals surface area contributed by atoms with Crippen LogP contribution in [0.2, 0.25) is 0 Å². The zero-order valence-electron chi connectivity index (χ0n) is 10.8. The Morgan fingerprint density at radius 1 is 1.05 bits per heavy atom. The van der Waals surface area contributed by atoms with E-state index in [0.717, 1.165) is 17.5 Å². The molecular weight excluding hydrogens is 250 g/mol. The van der Waals surface area contributed by atoms with Crippen LogP contribution in [0.25, 0.3) is 11.0 Å². The van der Waals surface area contributed by atoms with Crippen molar-refractivity contribution in [2.45, 2.75) is 12.3 Å². The predicted molar refractivity (Wildman–Crippen MR) is 75.4 cm³/mol. The van der Waals surface area contributed by atoms with Gasteiger partial charge in [-0.3, -0.25) is 4.79 Å². The zero-order valence-corrected chi connectivity index (χ0v) is 10.8. The number of carbonyl (C=O) groups is 1. The Labute approximate surface area is 116 Å². The van der Waals surface area contributed by atoms with Crippen LogP contribution in [0, 0.1) is 5.92 Å². The van der Waals surface area contributed by atoms with Gasteiger partial charge in [0.1, 0.15) is 5.52 Å². The van der Waals surface area contributed by atoms with Crippen molar-refractivity contribution in [3.05, 3.63) is 60.2 Å². The van der Waals surface area contributed by atoms with Crippen molar-refractivity contribution in [3.63, 3.8) is 0 Å². The minimum Gasteiger partial charge on any atom is -0.272 e. The molecule has 0 amide bonds. The van der Waals surface area contributed by atoms with E-state index in [1.54, 1.807) is 0 Å². The summed E-state index contributed by atoms with van der Waals surface area (Å²) >= 11 is 0. The zero-order chi connectivity index (χ0) is 13.5. The molecule has 4 nitrogen and oxygen atoms in total. The lowest BCUT2D eigenvalue weighted by molar-refractivity contribution is 0.0870. The molecule has 1 heterocycles. The van der Waals surface area contributed by atoms with Crippen LogP contribution in [-0.4, -0.2) is 20.9 Å². The first-order valence-electron chi connectivity index (χ1n) is 6.74. The van der Waals surface area contributed by atoms with E-state index in [9.17, 15) is 4.79 Å². The van der Waals surface area contributed by atoms with Crippen molar-refractivity contribution in [1.82, 2.24) is 15.0 Å². The smallest absolute Gasteiger partial charge is 0.252 e. The van der Waals surface area contributed by atoms with Gasteiger partial charge in [-0.05, 0) is 30.0 Å². The van der Waals surface area contributed by atoms with Crippen LogP contribution in [0.4, 0.5) is 0 Å². The van der Waals surface area contributed by atoms with Gasteiger partial charge in [0.2, 0.25) is 0 Å². The van der Waals surface area contributed by atoms with Crippen LogP contribution in [0.5, 0.6) is 0 Å². The summed E-state index contributed by atoms with van der Waals surface area (Å²) in [6.07, 6.45) is 0.900. The fourth-order valence-corrected chi connectivity index (χ4v) is 2.73. The van der Waals surface area contributed by atoms with E-state index in [2.05, 4.69) is 22.4 Å². The average Bonchev–Trinajstić information content (AvgIpc) is 3.20. The fourth-order valence-electron chi connectivity index (χ4n) is 2.73. The number of benzene rings is 2. The summed E-state index contributed by atoms with van der Waals surface area (Å²) in [6, 6.07) is 17.7. The third-order valence-corrected chi connectivity index (χ3v) is 3.90. The Kier molecular flexibility index (Phi) is 2.42. The second kappa shape index (κ2) is 4.27. The van der Waals surface area contributed by atoms with E-state index < -0.39 is 0 Å². The molecule has 4 rings (SSSR count). The molecule has 3 aromatic rings. The summed E-state index contributed by atoms with van der Waals surface area (Å²) < 4.78 is 1.45. The van der Waals surface area contributed by atoms with E-state index in [0.29, 0.717) is 5.92 Å². The van der Waals surface area contributed by atoms with E-state index >= 15 is 0 Å². The van der Waals surface area contributed by atoms with Gasteiger partial charge in [-0.2, -0.15) is 4.68 Å². The highest BCUT2D eigenvalue weighted by Crippen LogP contribution is 2.48. The minimum absolute atomic E-state index is 0.0301. The molecule has 98 valence electrons. The summed E-state index contributed by atoms with van der Waals surface area (Å²) in [5.74, 6) is 0.404. The monoisotopic (exact) mass is 263 g/mol. The van der Waals surface area contributed by atoms with E-state index in [-0.39, 0.29) is 11.8 Å². The minimum atomic E-state index is 0.0301. The van der Waals surface area contributed by atoms with Gasteiger partial charge in [-0.1, -0.05) is 47.7 Å². The van der Waals surface area contributed by atoms with Crippen LogP contribution in [-0.2, 0) is 0 Å². The van der Waals surface area contributed by atoms with Crippen molar-refractivity contribution in [3.8, 4) is 0 Å². The molecule has 0 radical (unpaired) electrons. The number of carbonyl (C=O) groups excluding carboxylic acids is 1. The Morgan fingerprint density at radius 2 is 1.80 bits per heavy atom. The quantitative estimate of drug-likeness (QED) is 0.714. The molecule has 1 aromatic heterocycles. The van der Waals surface area contributed by atoms with Crippen molar-refractivity contribution >= 4 is 16.9 Å². The molecule has 4 heteroatoms. The first kappa shape index (κ1) is 11.3. The summed E-state index contributed by atoms with van der Waals surface area (Å²) in [6.45, 7) is 0. The normalized spacial score (nSPS) is 21.0. The third kappa shape index (κ3) is 1.72. The molecule has 2 atom stereocenters. The van der Waals surface area contributed by atoms with Gasteiger partial charge in [0.25, 0.3) is 5.91 Å².